The molecule has 7 amide bonds. The molecule has 509 valence electrons. The molecule has 8 rings (SSSR count). The maximum absolute atomic E-state index is 14.4. The van der Waals surface area contributed by atoms with Crippen LogP contribution in [-0.2, 0) is 68.7 Å². The summed E-state index contributed by atoms with van der Waals surface area (Å²) in [6.45, 7) is 19.3. The van der Waals surface area contributed by atoms with E-state index in [2.05, 4.69) is 15.6 Å². The summed E-state index contributed by atoms with van der Waals surface area (Å²) in [4.78, 5) is 123. The Balaban J connectivity index is 0.00000672. The van der Waals surface area contributed by atoms with E-state index in [1.807, 2.05) is 87.4 Å². The van der Waals surface area contributed by atoms with Crippen molar-refractivity contribution >= 4 is 71.6 Å². The third kappa shape index (κ3) is 14.2. The molecule has 3 saturated heterocycles. The molecule has 1 aromatic carbocycles. The number of nitrogens with two attached hydrogens (primary N) is 6. The van der Waals surface area contributed by atoms with Gasteiger partial charge in [0.1, 0.15) is 18.3 Å². The third-order valence-corrected chi connectivity index (χ3v) is 22.0. The summed E-state index contributed by atoms with van der Waals surface area (Å²) >= 11 is 0. The molecule has 6 aliphatic heterocycles. The number of hydrogen-bond acceptors (Lipinski definition) is 18. The van der Waals surface area contributed by atoms with Crippen molar-refractivity contribution in [2.75, 3.05) is 13.2 Å². The number of amides is 7. The summed E-state index contributed by atoms with van der Waals surface area (Å²) in [6.07, 6.45) is -4.44. The Morgan fingerprint density at radius 3 is 2.02 bits per heavy atom. The average Bonchev–Trinajstić information content (AvgIpc) is 1.53. The molecule has 0 aliphatic carbocycles. The monoisotopic (exact) mass is 1350 g/mol. The van der Waals surface area contributed by atoms with Crippen LogP contribution in [0.5, 0.6) is 0 Å². The van der Waals surface area contributed by atoms with E-state index in [1.165, 1.54) is 17.8 Å². The number of primary amides is 6. The molecule has 2 unspecified atom stereocenters. The average molecular weight is 1350 g/mol. The molecule has 30 heteroatoms. The number of imidazole rings is 1. The molecule has 0 saturated carbocycles. The zero-order valence-electron chi connectivity index (χ0n) is 54.1. The van der Waals surface area contributed by atoms with Gasteiger partial charge in [0.05, 0.1) is 36.1 Å². The Kier molecular flexibility index (Phi) is 22.8. The zero-order valence-corrected chi connectivity index (χ0v) is 56.1. The minimum Gasteiger partial charge on any atom is -0.756 e. The molecule has 6 aliphatic rings. The van der Waals surface area contributed by atoms with Gasteiger partial charge in [0.25, 0.3) is 7.82 Å². The number of rotatable bonds is 26. The van der Waals surface area contributed by atoms with Crippen molar-refractivity contribution in [1.29, 1.82) is 0 Å². The summed E-state index contributed by atoms with van der Waals surface area (Å²) < 4.78 is 31.9. The molecule has 7 heterocycles. The van der Waals surface area contributed by atoms with E-state index < -0.39 is 149 Å². The van der Waals surface area contributed by atoms with Gasteiger partial charge >= 0.3 is 16.8 Å². The van der Waals surface area contributed by atoms with Crippen molar-refractivity contribution in [2.45, 2.75) is 195 Å². The number of carbonyl (C=O) groups excluding carboxylic acids is 7. The van der Waals surface area contributed by atoms with Crippen LogP contribution >= 0.6 is 7.82 Å². The molecule has 8 bridgehead atoms. The number of fused-ring (bicyclic) bond motifs is 8. The van der Waals surface area contributed by atoms with Crippen LogP contribution in [0, 0.1) is 59.2 Å². The first-order valence-electron chi connectivity index (χ1n) is 30.7. The van der Waals surface area contributed by atoms with Crippen LogP contribution in [0.3, 0.4) is 0 Å². The fourth-order valence-electron chi connectivity index (χ4n) is 15.8. The number of carbonyl (C=O) groups is 7. The fraction of sp³-hybridized carbons (Fsp3) is 0.645. The number of benzene rings is 1. The van der Waals surface area contributed by atoms with Crippen LogP contribution in [0.25, 0.3) is 16.4 Å². The normalized spacial score (nSPS) is 34.3. The molecular weight excluding hydrogens is 1260 g/mol. The summed E-state index contributed by atoms with van der Waals surface area (Å²) in [5, 5.41) is 33.8. The van der Waals surface area contributed by atoms with E-state index >= 15 is 0 Å². The Morgan fingerprint density at radius 2 is 1.43 bits per heavy atom. The Hall–Kier alpha value is -6.24. The van der Waals surface area contributed by atoms with Crippen LogP contribution in [0.15, 0.2) is 62.8 Å². The Morgan fingerprint density at radius 1 is 0.837 bits per heavy atom. The SMILES string of the molecule is C/C1=C2/[N-]/C(=C\C3=NC(=C(/C)C4N[C@@](C)([C@@H]5N=C1[C@](C)(CCC(=O)NC[C@@H](C)OP(=O)([O-])O[C@H]1[C@@H](O)[C@@H](n6cnc7cc(C)c(C)cc76)O[C@@H]1CO)[C@H]5CC(N)=O)[C@@](C)(CC(N)=O)[C@@H]4CCC(N)=O)/[C@@](C)(CC(N)=O)[C@@H]3CCC(N)=O)C(C)(C)[C@@H]2CCC(N)=O.O.[Co+2]. The number of aliphatic hydroxyl groups is 2. The van der Waals surface area contributed by atoms with Gasteiger partial charge in [0, 0.05) is 108 Å². The van der Waals surface area contributed by atoms with Gasteiger partial charge in [-0.15, -0.1) is 0 Å². The first kappa shape index (κ1) is 74.8. The van der Waals surface area contributed by atoms with Gasteiger partial charge in [-0.3, -0.25) is 48.1 Å². The Bertz CT molecular complexity index is 3480. The van der Waals surface area contributed by atoms with E-state index in [9.17, 15) is 53.2 Å². The second kappa shape index (κ2) is 28.0. The maximum atomic E-state index is 14.4. The number of phosphoric ester groups is 1. The van der Waals surface area contributed by atoms with Crippen LogP contribution in [-0.4, -0.2) is 133 Å². The van der Waals surface area contributed by atoms with E-state index in [0.717, 1.165) is 11.1 Å². The van der Waals surface area contributed by atoms with E-state index in [1.54, 1.807) is 0 Å². The van der Waals surface area contributed by atoms with Crippen molar-refractivity contribution in [1.82, 2.24) is 20.2 Å². The molecule has 92 heavy (non-hydrogen) atoms. The molecule has 3 fully saturated rings. The number of nitrogens with zero attached hydrogens (tertiary/aromatic N) is 5. The maximum Gasteiger partial charge on any atom is 2.00 e. The van der Waals surface area contributed by atoms with Crippen LogP contribution < -0.4 is 49.9 Å². The minimum atomic E-state index is -5.31. The summed E-state index contributed by atoms with van der Waals surface area (Å²) in [5.74, 6) is -7.05. The standard InChI is InChI=1S/C62H92N13O14P.Co.H2O/c1-29-20-39-40(21-30(29)2)75(28-70-39)57-52(84)53(41(27-76)87-57)89-90(85,86)88-31(3)26-69-49(83)18-19-59(8)37(22-46(66)80)56-62(11)61(10,25-48(68)82)36(14-17-45(65)79)51(74-62)33(5)55-60(9,24-47(67)81)34(12-15-43(63)77)38(71-55)23-42-58(6,7)35(13-16-44(64)78)50(72-42)32(4)54(59)73-56;;/h20-21,23,28,31,34-37,41,51-53,56-57,74,76,84H,12-19,22,24-27H2,1-11H3,(H15,63,64,65,66,67,68,69,71,72,73,77,78,79,80,81,82,83,85,86);;1H2/q;+2;/p-2/b55-33-;;/t31-,34-,35-,36-,37+,41-,51?,52-,53-,56-,57+,59-,60+,61+,62+;;/m1../s1. The van der Waals surface area contributed by atoms with Gasteiger partial charge < -0.3 is 89.3 Å². The predicted octanol–water partition coefficient (Wildman–Crippen LogP) is 2.01. The zero-order chi connectivity index (χ0) is 66.7. The molecule has 18 N–H and O–H groups in total. The van der Waals surface area contributed by atoms with E-state index in [0.29, 0.717) is 50.7 Å². The van der Waals surface area contributed by atoms with Crippen LogP contribution in [0.1, 0.15) is 150 Å². The van der Waals surface area contributed by atoms with Gasteiger partial charge in [-0.05, 0) is 119 Å². The smallest absolute Gasteiger partial charge is 0.756 e. The van der Waals surface area contributed by atoms with Crippen molar-refractivity contribution in [3.05, 3.63) is 69.2 Å². The Labute approximate surface area is 545 Å². The van der Waals surface area contributed by atoms with Gasteiger partial charge in [-0.2, -0.15) is 11.4 Å². The van der Waals surface area contributed by atoms with Gasteiger partial charge in [0.2, 0.25) is 41.4 Å². The third-order valence-electron chi connectivity index (χ3n) is 20.9. The number of aliphatic hydroxyl groups excluding tert-OH is 2. The molecular formula is C62H92CoN13O15P. The van der Waals surface area contributed by atoms with Crippen LogP contribution in [0.4, 0.5) is 0 Å². The molecule has 16 atom stereocenters. The number of aromatic nitrogens is 2. The second-order valence-electron chi connectivity index (χ2n) is 27.3. The summed E-state index contributed by atoms with van der Waals surface area (Å²) in [7, 11) is -5.31. The van der Waals surface area contributed by atoms with Gasteiger partial charge in [-0.1, -0.05) is 40.7 Å². The van der Waals surface area contributed by atoms with Crippen molar-refractivity contribution in [2.24, 2.45) is 89.7 Å². The van der Waals surface area contributed by atoms with Gasteiger partial charge in [-0.25, -0.2) is 4.98 Å². The number of ether oxygens (including phenoxy) is 1. The number of aliphatic imine (C=N–C) groups is 2. The molecule has 28 nitrogen and oxygen atoms in total. The van der Waals surface area contributed by atoms with Crippen LogP contribution in [0.2, 0.25) is 0 Å². The van der Waals surface area contributed by atoms with E-state index in [4.69, 9.17) is 63.5 Å². The van der Waals surface area contributed by atoms with Gasteiger partial charge in [0.15, 0.2) is 6.23 Å². The molecule has 2 aromatic rings. The van der Waals surface area contributed by atoms with E-state index in [-0.39, 0.29) is 99.4 Å². The second-order valence-corrected chi connectivity index (χ2v) is 28.6. The molecule has 0 spiro atoms. The number of phosphoric acid groups is 1. The fourth-order valence-corrected chi connectivity index (χ4v) is 16.9. The predicted molar refractivity (Wildman–Crippen MR) is 335 cm³/mol. The number of aryl methyl sites for hydroxylation is 2. The molecule has 1 radical (unpaired) electrons. The summed E-state index contributed by atoms with van der Waals surface area (Å²) in [6, 6.07) is 1.97. The largest absolute Gasteiger partial charge is 2.00 e. The number of hydrogen-bond donors (Lipinski definition) is 10. The minimum absolute atomic E-state index is 0. The van der Waals surface area contributed by atoms with Crippen molar-refractivity contribution in [3.63, 3.8) is 0 Å². The topological polar surface area (TPSA) is 496 Å². The number of nitrogens with one attached hydrogen (secondary N) is 2. The quantitative estimate of drug-likeness (QED) is 0.0602. The number of allylic oxidation sites excluding steroid dienone is 5. The summed E-state index contributed by atoms with van der Waals surface area (Å²) in [5.41, 5.74) is 37.0. The molecule has 1 aromatic heterocycles. The van der Waals surface area contributed by atoms with Crippen molar-refractivity contribution < 1.29 is 89.3 Å². The van der Waals surface area contributed by atoms with Crippen molar-refractivity contribution in [3.8, 4) is 0 Å². The first-order chi connectivity index (χ1) is 41.8. The first-order valence-corrected chi connectivity index (χ1v) is 32.1.